The molecule has 0 saturated carbocycles. The number of hydrogen-bond donors (Lipinski definition) is 0. The van der Waals surface area contributed by atoms with Crippen LogP contribution in [0.1, 0.15) is 17.8 Å². The number of ether oxygens (including phenoxy) is 1. The molecule has 1 aromatic heterocycles. The molecule has 1 heterocycles. The van der Waals surface area contributed by atoms with Crippen molar-refractivity contribution in [3.63, 3.8) is 0 Å². The van der Waals surface area contributed by atoms with Crippen LogP contribution in [0.25, 0.3) is 32.9 Å². The van der Waals surface area contributed by atoms with Gasteiger partial charge in [-0.15, -0.1) is 0 Å². The van der Waals surface area contributed by atoms with E-state index in [-0.39, 0.29) is 0 Å². The van der Waals surface area contributed by atoms with Crippen LogP contribution in [0, 0.1) is 0 Å². The van der Waals surface area contributed by atoms with E-state index in [0.717, 1.165) is 41.9 Å². The fourth-order valence-electron chi connectivity index (χ4n) is 4.86. The second-order valence-electron chi connectivity index (χ2n) is 9.09. The molecule has 0 amide bonds. The van der Waals surface area contributed by atoms with E-state index in [0.29, 0.717) is 6.61 Å². The van der Waals surface area contributed by atoms with Crippen molar-refractivity contribution in [2.24, 2.45) is 0 Å². The Morgan fingerprint density at radius 3 is 2.25 bits per heavy atom. The summed E-state index contributed by atoms with van der Waals surface area (Å²) >= 11 is 0. The van der Waals surface area contributed by atoms with E-state index < -0.39 is 0 Å². The fourth-order valence-corrected chi connectivity index (χ4v) is 4.86. The minimum Gasteiger partial charge on any atom is -0.493 e. The van der Waals surface area contributed by atoms with Crippen molar-refractivity contribution >= 4 is 21.8 Å². The van der Waals surface area contributed by atoms with Crippen LogP contribution in [0.15, 0.2) is 121 Å². The zero-order chi connectivity index (χ0) is 24.2. The highest BCUT2D eigenvalue weighted by Crippen LogP contribution is 2.26. The topological polar surface area (TPSA) is 27.1 Å². The maximum absolute atomic E-state index is 6.21. The van der Waals surface area contributed by atoms with Crippen molar-refractivity contribution in [3.05, 3.63) is 133 Å². The molecule has 0 aliphatic carbocycles. The van der Waals surface area contributed by atoms with E-state index in [2.05, 4.69) is 126 Å². The van der Waals surface area contributed by atoms with Gasteiger partial charge in [-0.1, -0.05) is 103 Å². The molecule has 0 fully saturated rings. The van der Waals surface area contributed by atoms with Crippen LogP contribution in [0.2, 0.25) is 0 Å². The van der Waals surface area contributed by atoms with Gasteiger partial charge in [-0.05, 0) is 46.7 Å². The van der Waals surface area contributed by atoms with Crippen LogP contribution in [0.3, 0.4) is 0 Å². The van der Waals surface area contributed by atoms with E-state index >= 15 is 0 Å². The SMILES string of the molecule is c1ccc(-c2ccc(Cc3nc4ccccc4n3CCCOc3cccc4ccccc34)cc2)cc1. The smallest absolute Gasteiger partial charge is 0.127 e. The van der Waals surface area contributed by atoms with Gasteiger partial charge in [-0.3, -0.25) is 0 Å². The van der Waals surface area contributed by atoms with Gasteiger partial charge in [0, 0.05) is 18.4 Å². The summed E-state index contributed by atoms with van der Waals surface area (Å²) in [5, 5.41) is 2.36. The lowest BCUT2D eigenvalue weighted by molar-refractivity contribution is 0.305. The predicted octanol–water partition coefficient (Wildman–Crippen LogP) is 7.92. The molecule has 0 spiro atoms. The van der Waals surface area contributed by atoms with Crippen LogP contribution in [0.5, 0.6) is 5.75 Å². The maximum atomic E-state index is 6.21. The third-order valence-corrected chi connectivity index (χ3v) is 6.69. The van der Waals surface area contributed by atoms with E-state index in [1.54, 1.807) is 0 Å². The van der Waals surface area contributed by atoms with Crippen LogP contribution in [-0.4, -0.2) is 16.2 Å². The van der Waals surface area contributed by atoms with Gasteiger partial charge in [-0.2, -0.15) is 0 Å². The van der Waals surface area contributed by atoms with Crippen LogP contribution < -0.4 is 4.74 Å². The number of rotatable bonds is 8. The normalized spacial score (nSPS) is 11.2. The lowest BCUT2D eigenvalue weighted by atomic mass is 10.0. The molecule has 36 heavy (non-hydrogen) atoms. The van der Waals surface area contributed by atoms with Crippen molar-refractivity contribution in [1.29, 1.82) is 0 Å². The molecule has 6 aromatic rings. The summed E-state index contributed by atoms with van der Waals surface area (Å²) in [6.07, 6.45) is 1.71. The monoisotopic (exact) mass is 468 g/mol. The molecule has 3 heteroatoms. The number of hydrogen-bond acceptors (Lipinski definition) is 2. The largest absolute Gasteiger partial charge is 0.493 e. The molecule has 6 rings (SSSR count). The van der Waals surface area contributed by atoms with Gasteiger partial charge in [0.2, 0.25) is 0 Å². The summed E-state index contributed by atoms with van der Waals surface area (Å²) in [4.78, 5) is 4.99. The molecular weight excluding hydrogens is 440 g/mol. The summed E-state index contributed by atoms with van der Waals surface area (Å²) < 4.78 is 8.56. The van der Waals surface area contributed by atoms with E-state index in [4.69, 9.17) is 9.72 Å². The number of aromatic nitrogens is 2. The van der Waals surface area contributed by atoms with Crippen LogP contribution in [0.4, 0.5) is 0 Å². The molecule has 0 bridgehead atoms. The van der Waals surface area contributed by atoms with Crippen molar-refractivity contribution in [2.75, 3.05) is 6.61 Å². The Morgan fingerprint density at radius 2 is 1.36 bits per heavy atom. The van der Waals surface area contributed by atoms with Crippen LogP contribution >= 0.6 is 0 Å². The number of imidazole rings is 1. The number of fused-ring (bicyclic) bond motifs is 2. The second kappa shape index (κ2) is 10.1. The summed E-state index contributed by atoms with van der Waals surface area (Å²) in [7, 11) is 0. The molecule has 5 aromatic carbocycles. The minimum absolute atomic E-state index is 0.658. The van der Waals surface area contributed by atoms with Gasteiger partial charge in [0.25, 0.3) is 0 Å². The zero-order valence-electron chi connectivity index (χ0n) is 20.2. The third kappa shape index (κ3) is 4.60. The molecule has 0 aliphatic rings. The molecule has 0 radical (unpaired) electrons. The fraction of sp³-hybridized carbons (Fsp3) is 0.121. The molecule has 0 aliphatic heterocycles. The van der Waals surface area contributed by atoms with E-state index in [1.165, 1.54) is 27.6 Å². The van der Waals surface area contributed by atoms with Gasteiger partial charge in [0.05, 0.1) is 17.6 Å². The first-order chi connectivity index (χ1) is 17.8. The van der Waals surface area contributed by atoms with Gasteiger partial charge < -0.3 is 9.30 Å². The number of nitrogens with zero attached hydrogens (tertiary/aromatic N) is 2. The minimum atomic E-state index is 0.658. The molecule has 0 atom stereocenters. The first-order valence-corrected chi connectivity index (χ1v) is 12.5. The summed E-state index contributed by atoms with van der Waals surface area (Å²) in [6, 6.07) is 42.4. The highest BCUT2D eigenvalue weighted by molar-refractivity contribution is 5.88. The van der Waals surface area contributed by atoms with Crippen molar-refractivity contribution in [1.82, 2.24) is 9.55 Å². The molecular formula is C33H28N2O. The molecule has 176 valence electrons. The Labute approximate surface area is 211 Å². The van der Waals surface area contributed by atoms with E-state index in [1.807, 2.05) is 0 Å². The van der Waals surface area contributed by atoms with Crippen molar-refractivity contribution < 1.29 is 4.74 Å². The average Bonchev–Trinajstić information content (AvgIpc) is 3.29. The molecule has 0 saturated heterocycles. The first kappa shape index (κ1) is 22.1. The molecule has 3 nitrogen and oxygen atoms in total. The van der Waals surface area contributed by atoms with Gasteiger partial charge in [0.1, 0.15) is 11.6 Å². The third-order valence-electron chi connectivity index (χ3n) is 6.69. The zero-order valence-corrected chi connectivity index (χ0v) is 20.2. The quantitative estimate of drug-likeness (QED) is 0.212. The maximum Gasteiger partial charge on any atom is 0.127 e. The summed E-state index contributed by atoms with van der Waals surface area (Å²) in [6.45, 7) is 1.52. The van der Waals surface area contributed by atoms with Gasteiger partial charge in [0.15, 0.2) is 0 Å². The standard InChI is InChI=1S/C33H28N2O/c1-2-10-26(11-3-1)27-20-18-25(19-21-27)24-33-34-30-15-6-7-16-31(30)35(33)22-9-23-36-32-17-8-13-28-12-4-5-14-29(28)32/h1-8,10-21H,9,22-24H2. The Kier molecular flexibility index (Phi) is 6.20. The van der Waals surface area contributed by atoms with Gasteiger partial charge in [-0.25, -0.2) is 4.98 Å². The highest BCUT2D eigenvalue weighted by atomic mass is 16.5. The number of aryl methyl sites for hydroxylation is 1. The van der Waals surface area contributed by atoms with E-state index in [9.17, 15) is 0 Å². The Hall–Kier alpha value is -4.37. The summed E-state index contributed by atoms with van der Waals surface area (Å²) in [5.74, 6) is 2.04. The van der Waals surface area contributed by atoms with Gasteiger partial charge >= 0.3 is 0 Å². The predicted molar refractivity (Wildman–Crippen MR) is 148 cm³/mol. The van der Waals surface area contributed by atoms with Crippen LogP contribution in [-0.2, 0) is 13.0 Å². The first-order valence-electron chi connectivity index (χ1n) is 12.5. The lowest BCUT2D eigenvalue weighted by Gasteiger charge is -2.12. The Morgan fingerprint density at radius 1 is 0.639 bits per heavy atom. The lowest BCUT2D eigenvalue weighted by Crippen LogP contribution is -2.08. The second-order valence-corrected chi connectivity index (χ2v) is 9.09. The van der Waals surface area contributed by atoms with Crippen molar-refractivity contribution in [2.45, 2.75) is 19.4 Å². The average molecular weight is 469 g/mol. The highest BCUT2D eigenvalue weighted by Gasteiger charge is 2.12. The summed E-state index contributed by atoms with van der Waals surface area (Å²) in [5.41, 5.74) is 5.96. The number of benzene rings is 5. The Balaban J connectivity index is 1.18. The molecule has 0 unspecified atom stereocenters. The van der Waals surface area contributed by atoms with Crippen molar-refractivity contribution in [3.8, 4) is 16.9 Å². The molecule has 0 N–H and O–H groups in total. The number of para-hydroxylation sites is 2. The Bertz CT molecular complexity index is 1600.